The van der Waals surface area contributed by atoms with Crippen LogP contribution in [0.25, 0.3) is 0 Å². The molecule has 0 saturated carbocycles. The summed E-state index contributed by atoms with van der Waals surface area (Å²) in [5, 5.41) is 0. The zero-order valence-electron chi connectivity index (χ0n) is 11.2. The molecule has 19 heavy (non-hydrogen) atoms. The lowest BCUT2D eigenvalue weighted by atomic mass is 10.2. The van der Waals surface area contributed by atoms with Gasteiger partial charge in [0, 0.05) is 18.6 Å². The van der Waals surface area contributed by atoms with Gasteiger partial charge in [0.2, 0.25) is 0 Å². The van der Waals surface area contributed by atoms with Gasteiger partial charge in [-0.15, -0.1) is 0 Å². The lowest BCUT2D eigenvalue weighted by Crippen LogP contribution is -2.11. The number of hydrogen-bond acceptors (Lipinski definition) is 4. The molecule has 0 N–H and O–H groups in total. The number of Topliss-reactive ketones (excluding diaryl/α,β-unsaturated/α-hetero) is 1. The monoisotopic (exact) mass is 284 g/mol. The minimum absolute atomic E-state index is 0.0437. The molecule has 0 aliphatic rings. The summed E-state index contributed by atoms with van der Waals surface area (Å²) in [4.78, 5) is 11.5. The molecule has 1 aromatic rings. The van der Waals surface area contributed by atoms with Crippen LogP contribution in [0.1, 0.15) is 26.2 Å². The summed E-state index contributed by atoms with van der Waals surface area (Å²) in [6, 6.07) is 9.29. The van der Waals surface area contributed by atoms with Crippen molar-refractivity contribution >= 4 is 15.6 Å². The first kappa shape index (κ1) is 15.7. The number of ether oxygens (including phenoxy) is 1. The number of carbonyl (C=O) groups is 1. The Hall–Kier alpha value is -1.36. The maximum Gasteiger partial charge on any atom is 0.150 e. The van der Waals surface area contributed by atoms with Crippen LogP contribution in [0.2, 0.25) is 0 Å². The van der Waals surface area contributed by atoms with Gasteiger partial charge < -0.3 is 4.74 Å². The van der Waals surface area contributed by atoms with E-state index in [9.17, 15) is 13.2 Å². The fourth-order valence-corrected chi connectivity index (χ4v) is 2.43. The van der Waals surface area contributed by atoms with E-state index in [2.05, 4.69) is 0 Å². The van der Waals surface area contributed by atoms with Gasteiger partial charge in [-0.05, 0) is 18.6 Å². The standard InChI is InChI=1S/C14H20O4S/c1-2-19(16,17)12-6-7-13(15)10-11-18-14-8-4-3-5-9-14/h3-5,8-9H,2,6-7,10-12H2,1H3. The second-order valence-electron chi connectivity index (χ2n) is 4.29. The van der Waals surface area contributed by atoms with Crippen molar-refractivity contribution in [2.75, 3.05) is 18.1 Å². The summed E-state index contributed by atoms with van der Waals surface area (Å²) < 4.78 is 27.9. The lowest BCUT2D eigenvalue weighted by molar-refractivity contribution is -0.119. The van der Waals surface area contributed by atoms with Crippen LogP contribution in [-0.2, 0) is 14.6 Å². The topological polar surface area (TPSA) is 60.4 Å². The fraction of sp³-hybridized carbons (Fsp3) is 0.500. The number of benzene rings is 1. The van der Waals surface area contributed by atoms with E-state index < -0.39 is 9.84 Å². The van der Waals surface area contributed by atoms with Crippen LogP contribution in [0, 0.1) is 0 Å². The number of carbonyl (C=O) groups excluding carboxylic acids is 1. The predicted octanol–water partition coefficient (Wildman–Crippen LogP) is 2.24. The quantitative estimate of drug-likeness (QED) is 0.697. The second kappa shape index (κ2) is 7.94. The van der Waals surface area contributed by atoms with Crippen LogP contribution in [0.4, 0.5) is 0 Å². The molecule has 0 amide bonds. The Bertz CT molecular complexity index is 479. The molecule has 1 aromatic carbocycles. The number of sulfone groups is 1. The second-order valence-corrected chi connectivity index (χ2v) is 6.76. The van der Waals surface area contributed by atoms with Crippen molar-refractivity contribution in [2.45, 2.75) is 26.2 Å². The van der Waals surface area contributed by atoms with Gasteiger partial charge in [-0.25, -0.2) is 8.42 Å². The Morgan fingerprint density at radius 3 is 2.47 bits per heavy atom. The molecular formula is C14H20O4S. The Balaban J connectivity index is 2.15. The van der Waals surface area contributed by atoms with Crippen molar-refractivity contribution in [3.05, 3.63) is 30.3 Å². The van der Waals surface area contributed by atoms with E-state index in [4.69, 9.17) is 4.74 Å². The van der Waals surface area contributed by atoms with E-state index in [1.165, 1.54) is 0 Å². The highest BCUT2D eigenvalue weighted by molar-refractivity contribution is 7.91. The van der Waals surface area contributed by atoms with Gasteiger partial charge in [-0.1, -0.05) is 25.1 Å². The van der Waals surface area contributed by atoms with E-state index in [1.807, 2.05) is 30.3 Å². The van der Waals surface area contributed by atoms with E-state index in [0.29, 0.717) is 25.9 Å². The molecule has 0 saturated heterocycles. The third-order valence-corrected chi connectivity index (χ3v) is 4.53. The van der Waals surface area contributed by atoms with E-state index in [-0.39, 0.29) is 17.3 Å². The number of ketones is 1. The summed E-state index contributed by atoms with van der Waals surface area (Å²) in [5.74, 6) is 1.01. The van der Waals surface area contributed by atoms with E-state index in [1.54, 1.807) is 6.92 Å². The van der Waals surface area contributed by atoms with Crippen molar-refractivity contribution in [3.63, 3.8) is 0 Å². The smallest absolute Gasteiger partial charge is 0.150 e. The van der Waals surface area contributed by atoms with Gasteiger partial charge in [0.1, 0.15) is 21.4 Å². The van der Waals surface area contributed by atoms with Crippen molar-refractivity contribution in [1.29, 1.82) is 0 Å². The van der Waals surface area contributed by atoms with Crippen molar-refractivity contribution in [3.8, 4) is 5.75 Å². The number of para-hydroxylation sites is 1. The first-order valence-electron chi connectivity index (χ1n) is 6.43. The first-order chi connectivity index (χ1) is 9.03. The first-order valence-corrected chi connectivity index (χ1v) is 8.25. The maximum atomic E-state index is 11.5. The predicted molar refractivity (Wildman–Crippen MR) is 75.1 cm³/mol. The van der Waals surface area contributed by atoms with Crippen LogP contribution in [-0.4, -0.2) is 32.3 Å². The van der Waals surface area contributed by atoms with Crippen LogP contribution in [0.5, 0.6) is 5.75 Å². The molecule has 0 radical (unpaired) electrons. The molecule has 0 fully saturated rings. The highest BCUT2D eigenvalue weighted by Gasteiger charge is 2.09. The zero-order valence-corrected chi connectivity index (χ0v) is 12.0. The molecule has 5 heteroatoms. The third kappa shape index (κ3) is 6.96. The van der Waals surface area contributed by atoms with Crippen molar-refractivity contribution in [2.24, 2.45) is 0 Å². The van der Waals surface area contributed by atoms with Gasteiger partial charge in [0.15, 0.2) is 0 Å². The highest BCUT2D eigenvalue weighted by atomic mass is 32.2. The van der Waals surface area contributed by atoms with Gasteiger partial charge in [-0.2, -0.15) is 0 Å². The number of rotatable bonds is 9. The molecule has 1 rings (SSSR count). The Morgan fingerprint density at radius 2 is 1.84 bits per heavy atom. The third-order valence-electron chi connectivity index (χ3n) is 2.74. The Morgan fingerprint density at radius 1 is 1.16 bits per heavy atom. The summed E-state index contributed by atoms with van der Waals surface area (Å²) in [6.07, 6.45) is 1.03. The van der Waals surface area contributed by atoms with Gasteiger partial charge >= 0.3 is 0 Å². The molecule has 0 atom stereocenters. The highest BCUT2D eigenvalue weighted by Crippen LogP contribution is 2.09. The summed E-state index contributed by atoms with van der Waals surface area (Å²) in [6.45, 7) is 1.95. The minimum Gasteiger partial charge on any atom is -0.493 e. The average Bonchev–Trinajstić information content (AvgIpc) is 2.40. The van der Waals surface area contributed by atoms with Gasteiger partial charge in [-0.3, -0.25) is 4.79 Å². The van der Waals surface area contributed by atoms with E-state index >= 15 is 0 Å². The molecular weight excluding hydrogens is 264 g/mol. The molecule has 0 aliphatic heterocycles. The molecule has 0 aromatic heterocycles. The molecule has 106 valence electrons. The molecule has 0 unspecified atom stereocenters. The fourth-order valence-electron chi connectivity index (χ4n) is 1.56. The van der Waals surface area contributed by atoms with Gasteiger partial charge in [0.25, 0.3) is 0 Å². The Labute approximate surface area is 114 Å². The van der Waals surface area contributed by atoms with Crippen molar-refractivity contribution in [1.82, 2.24) is 0 Å². The minimum atomic E-state index is -2.96. The largest absolute Gasteiger partial charge is 0.493 e. The average molecular weight is 284 g/mol. The maximum absolute atomic E-state index is 11.5. The number of hydrogen-bond donors (Lipinski definition) is 0. The molecule has 0 aliphatic carbocycles. The van der Waals surface area contributed by atoms with Crippen LogP contribution < -0.4 is 4.74 Å². The van der Waals surface area contributed by atoms with Crippen LogP contribution >= 0.6 is 0 Å². The van der Waals surface area contributed by atoms with E-state index in [0.717, 1.165) is 5.75 Å². The summed E-state index contributed by atoms with van der Waals surface area (Å²) in [5.41, 5.74) is 0. The lowest BCUT2D eigenvalue weighted by Gasteiger charge is -2.05. The summed E-state index contributed by atoms with van der Waals surface area (Å²) >= 11 is 0. The molecule has 0 spiro atoms. The molecule has 0 bridgehead atoms. The van der Waals surface area contributed by atoms with Crippen LogP contribution in [0.3, 0.4) is 0 Å². The van der Waals surface area contributed by atoms with Crippen LogP contribution in [0.15, 0.2) is 30.3 Å². The molecule has 0 heterocycles. The summed E-state index contributed by atoms with van der Waals surface area (Å²) in [7, 11) is -2.96. The SMILES string of the molecule is CCS(=O)(=O)CCCC(=O)CCOc1ccccc1. The van der Waals surface area contributed by atoms with Gasteiger partial charge in [0.05, 0.1) is 12.4 Å². The normalized spacial score (nSPS) is 11.2. The van der Waals surface area contributed by atoms with Crippen molar-refractivity contribution < 1.29 is 17.9 Å². The Kier molecular flexibility index (Phi) is 6.56. The zero-order chi connectivity index (χ0) is 14.1. The molecule has 4 nitrogen and oxygen atoms in total.